The van der Waals surface area contributed by atoms with Crippen LogP contribution in [0.25, 0.3) is 0 Å². The molecule has 0 saturated heterocycles. The standard InChI is InChI=1S/C15H21N3O2/c16-15(18-20)13-7-5-12(6-8-13)10-17-14(19)9-11-3-1-2-4-11/h5-8,11,20H,1-4,9-10H2,(H2,16,18)(H,17,19). The molecule has 1 aromatic carbocycles. The van der Waals surface area contributed by atoms with Gasteiger partial charge in [-0.2, -0.15) is 0 Å². The van der Waals surface area contributed by atoms with Crippen molar-refractivity contribution in [2.24, 2.45) is 16.8 Å². The Labute approximate surface area is 118 Å². The first-order valence-electron chi connectivity index (χ1n) is 7.02. The number of oxime groups is 1. The summed E-state index contributed by atoms with van der Waals surface area (Å²) in [5, 5.41) is 14.5. The minimum atomic E-state index is 0.0850. The molecule has 0 unspecified atom stereocenters. The van der Waals surface area contributed by atoms with Crippen molar-refractivity contribution in [2.45, 2.75) is 38.6 Å². The monoisotopic (exact) mass is 275 g/mol. The molecule has 2 rings (SSSR count). The molecule has 0 radical (unpaired) electrons. The van der Waals surface area contributed by atoms with E-state index in [1.165, 1.54) is 25.7 Å². The second kappa shape index (κ2) is 6.93. The van der Waals surface area contributed by atoms with Gasteiger partial charge >= 0.3 is 0 Å². The maximum absolute atomic E-state index is 11.8. The quantitative estimate of drug-likeness (QED) is 0.332. The topological polar surface area (TPSA) is 87.7 Å². The summed E-state index contributed by atoms with van der Waals surface area (Å²) < 4.78 is 0. The van der Waals surface area contributed by atoms with Crippen LogP contribution in [0.4, 0.5) is 0 Å². The summed E-state index contributed by atoms with van der Waals surface area (Å²) in [6, 6.07) is 7.27. The molecule has 108 valence electrons. The summed E-state index contributed by atoms with van der Waals surface area (Å²) in [6.07, 6.45) is 5.52. The van der Waals surface area contributed by atoms with Gasteiger partial charge in [0.15, 0.2) is 5.84 Å². The predicted molar refractivity (Wildman–Crippen MR) is 77.4 cm³/mol. The lowest BCUT2D eigenvalue weighted by atomic mass is 10.0. The Morgan fingerprint density at radius 2 is 1.95 bits per heavy atom. The summed E-state index contributed by atoms with van der Waals surface area (Å²) in [4.78, 5) is 11.8. The highest BCUT2D eigenvalue weighted by Crippen LogP contribution is 2.27. The van der Waals surface area contributed by atoms with Crippen molar-refractivity contribution in [3.63, 3.8) is 0 Å². The van der Waals surface area contributed by atoms with Gasteiger partial charge in [0.25, 0.3) is 0 Å². The van der Waals surface area contributed by atoms with E-state index >= 15 is 0 Å². The van der Waals surface area contributed by atoms with Crippen LogP contribution in [0.15, 0.2) is 29.4 Å². The van der Waals surface area contributed by atoms with Gasteiger partial charge in [0.05, 0.1) is 0 Å². The number of nitrogens with zero attached hydrogens (tertiary/aromatic N) is 1. The molecule has 4 N–H and O–H groups in total. The third kappa shape index (κ3) is 3.98. The highest BCUT2D eigenvalue weighted by Gasteiger charge is 2.18. The van der Waals surface area contributed by atoms with Gasteiger partial charge in [-0.15, -0.1) is 0 Å². The van der Waals surface area contributed by atoms with Gasteiger partial charge in [0.2, 0.25) is 5.91 Å². The average Bonchev–Trinajstić information content (AvgIpc) is 2.97. The van der Waals surface area contributed by atoms with Crippen molar-refractivity contribution in [1.29, 1.82) is 0 Å². The Morgan fingerprint density at radius 1 is 1.30 bits per heavy atom. The van der Waals surface area contributed by atoms with E-state index in [1.54, 1.807) is 12.1 Å². The maximum Gasteiger partial charge on any atom is 0.220 e. The predicted octanol–water partition coefficient (Wildman–Crippen LogP) is 1.98. The van der Waals surface area contributed by atoms with Gasteiger partial charge in [-0.25, -0.2) is 0 Å². The molecule has 1 amide bonds. The fourth-order valence-corrected chi connectivity index (χ4v) is 2.60. The largest absolute Gasteiger partial charge is 0.409 e. The minimum Gasteiger partial charge on any atom is -0.409 e. The molecule has 0 bridgehead atoms. The molecular weight excluding hydrogens is 254 g/mol. The highest BCUT2D eigenvalue weighted by atomic mass is 16.4. The smallest absolute Gasteiger partial charge is 0.220 e. The molecule has 1 aliphatic carbocycles. The van der Waals surface area contributed by atoms with Crippen LogP contribution in [0, 0.1) is 5.92 Å². The van der Waals surface area contributed by atoms with E-state index in [-0.39, 0.29) is 11.7 Å². The fraction of sp³-hybridized carbons (Fsp3) is 0.467. The lowest BCUT2D eigenvalue weighted by molar-refractivity contribution is -0.122. The molecule has 0 heterocycles. The SMILES string of the molecule is NC(=NO)c1ccc(CNC(=O)CC2CCCC2)cc1. The van der Waals surface area contributed by atoms with Gasteiger partial charge in [0, 0.05) is 18.5 Å². The summed E-state index contributed by atoms with van der Waals surface area (Å²) in [5.41, 5.74) is 7.15. The van der Waals surface area contributed by atoms with Gasteiger partial charge in [0.1, 0.15) is 0 Å². The first-order valence-corrected chi connectivity index (χ1v) is 7.02. The van der Waals surface area contributed by atoms with Crippen LogP contribution in [-0.4, -0.2) is 17.0 Å². The molecule has 1 saturated carbocycles. The zero-order valence-electron chi connectivity index (χ0n) is 11.5. The van der Waals surface area contributed by atoms with Crippen molar-refractivity contribution < 1.29 is 10.0 Å². The van der Waals surface area contributed by atoms with Crippen LogP contribution < -0.4 is 11.1 Å². The number of nitrogens with one attached hydrogen (secondary N) is 1. The normalized spacial score (nSPS) is 16.3. The Kier molecular flexibility index (Phi) is 4.98. The van der Waals surface area contributed by atoms with E-state index in [4.69, 9.17) is 10.9 Å². The maximum atomic E-state index is 11.8. The van der Waals surface area contributed by atoms with E-state index in [0.717, 1.165) is 5.56 Å². The summed E-state index contributed by atoms with van der Waals surface area (Å²) in [5.74, 6) is 0.775. The Balaban J connectivity index is 1.79. The zero-order valence-corrected chi connectivity index (χ0v) is 11.5. The first-order chi connectivity index (χ1) is 9.69. The number of hydrogen-bond acceptors (Lipinski definition) is 3. The van der Waals surface area contributed by atoms with Crippen molar-refractivity contribution in [1.82, 2.24) is 5.32 Å². The Bertz CT molecular complexity index is 476. The molecule has 20 heavy (non-hydrogen) atoms. The number of carbonyl (C=O) groups excluding carboxylic acids is 1. The van der Waals surface area contributed by atoms with Crippen LogP contribution in [-0.2, 0) is 11.3 Å². The number of carbonyl (C=O) groups is 1. The van der Waals surface area contributed by atoms with Crippen LogP contribution in [0.1, 0.15) is 43.2 Å². The van der Waals surface area contributed by atoms with Gasteiger partial charge in [-0.05, 0) is 24.3 Å². The number of benzene rings is 1. The fourth-order valence-electron chi connectivity index (χ4n) is 2.60. The number of amidine groups is 1. The second-order valence-corrected chi connectivity index (χ2v) is 5.31. The minimum absolute atomic E-state index is 0.0850. The Morgan fingerprint density at radius 3 is 2.55 bits per heavy atom. The zero-order chi connectivity index (χ0) is 14.4. The number of nitrogens with two attached hydrogens (primary N) is 1. The molecule has 0 spiro atoms. The third-order valence-electron chi connectivity index (χ3n) is 3.80. The van der Waals surface area contributed by atoms with E-state index in [9.17, 15) is 4.79 Å². The summed E-state index contributed by atoms with van der Waals surface area (Å²) in [7, 11) is 0. The van der Waals surface area contributed by atoms with Crippen LogP contribution in [0.5, 0.6) is 0 Å². The van der Waals surface area contributed by atoms with Crippen LogP contribution >= 0.6 is 0 Å². The lowest BCUT2D eigenvalue weighted by Crippen LogP contribution is -2.24. The van der Waals surface area contributed by atoms with Crippen LogP contribution in [0.2, 0.25) is 0 Å². The van der Waals surface area contributed by atoms with Gasteiger partial charge in [-0.3, -0.25) is 4.79 Å². The van der Waals surface area contributed by atoms with E-state index < -0.39 is 0 Å². The van der Waals surface area contributed by atoms with Gasteiger partial charge in [-0.1, -0.05) is 42.3 Å². The molecule has 0 atom stereocenters. The van der Waals surface area contributed by atoms with Crippen molar-refractivity contribution in [3.8, 4) is 0 Å². The highest BCUT2D eigenvalue weighted by molar-refractivity contribution is 5.96. The molecule has 0 aromatic heterocycles. The summed E-state index contributed by atoms with van der Waals surface area (Å²) >= 11 is 0. The second-order valence-electron chi connectivity index (χ2n) is 5.31. The number of hydrogen-bond donors (Lipinski definition) is 3. The lowest BCUT2D eigenvalue weighted by Gasteiger charge is -2.10. The molecule has 1 aliphatic rings. The molecule has 1 aromatic rings. The third-order valence-corrected chi connectivity index (χ3v) is 3.80. The molecular formula is C15H21N3O2. The van der Waals surface area contributed by atoms with E-state index in [0.29, 0.717) is 24.4 Å². The number of rotatable bonds is 5. The van der Waals surface area contributed by atoms with E-state index in [1.807, 2.05) is 12.1 Å². The number of amides is 1. The first kappa shape index (κ1) is 14.4. The molecule has 0 aliphatic heterocycles. The van der Waals surface area contributed by atoms with E-state index in [2.05, 4.69) is 10.5 Å². The molecule has 1 fully saturated rings. The average molecular weight is 275 g/mol. The molecule has 5 nitrogen and oxygen atoms in total. The molecule has 5 heteroatoms. The Hall–Kier alpha value is -2.04. The van der Waals surface area contributed by atoms with Crippen LogP contribution in [0.3, 0.4) is 0 Å². The van der Waals surface area contributed by atoms with Crippen molar-refractivity contribution >= 4 is 11.7 Å². The van der Waals surface area contributed by atoms with Gasteiger partial charge < -0.3 is 16.3 Å². The van der Waals surface area contributed by atoms with Crippen molar-refractivity contribution in [2.75, 3.05) is 0 Å². The summed E-state index contributed by atoms with van der Waals surface area (Å²) in [6.45, 7) is 0.516. The van der Waals surface area contributed by atoms with Crippen molar-refractivity contribution in [3.05, 3.63) is 35.4 Å².